The predicted octanol–water partition coefficient (Wildman–Crippen LogP) is 3.04. The molecule has 1 fully saturated rings. The summed E-state index contributed by atoms with van der Waals surface area (Å²) in [6.07, 6.45) is 4.25. The van der Waals surface area contributed by atoms with E-state index in [9.17, 15) is 13.6 Å². The Morgan fingerprint density at radius 3 is 2.90 bits per heavy atom. The van der Waals surface area contributed by atoms with Crippen molar-refractivity contribution in [1.29, 1.82) is 0 Å². The summed E-state index contributed by atoms with van der Waals surface area (Å²) in [6.45, 7) is 1.91. The number of hydrogen-bond donors (Lipinski definition) is 1. The van der Waals surface area contributed by atoms with E-state index < -0.39 is 11.6 Å². The molecular weight excluding hydrogens is 264 g/mol. The average molecular weight is 283 g/mol. The maximum atomic E-state index is 13.3. The second-order valence-electron chi connectivity index (χ2n) is 5.40. The predicted molar refractivity (Wildman–Crippen MR) is 71.4 cm³/mol. The third-order valence-corrected chi connectivity index (χ3v) is 3.55. The summed E-state index contributed by atoms with van der Waals surface area (Å²) in [5, 5.41) is 2.89. The number of rotatable bonds is 4. The van der Waals surface area contributed by atoms with Gasteiger partial charge in [0.2, 0.25) is 0 Å². The number of carbonyl (C=O) groups excluding carboxylic acids is 1. The molecule has 0 bridgehead atoms. The van der Waals surface area contributed by atoms with Crippen molar-refractivity contribution < 1.29 is 18.3 Å². The fourth-order valence-corrected chi connectivity index (χ4v) is 2.57. The van der Waals surface area contributed by atoms with Gasteiger partial charge >= 0.3 is 0 Å². The van der Waals surface area contributed by atoms with Crippen LogP contribution in [0.15, 0.2) is 18.2 Å². The van der Waals surface area contributed by atoms with Gasteiger partial charge in [-0.1, -0.05) is 19.8 Å². The van der Waals surface area contributed by atoms with Crippen molar-refractivity contribution in [2.45, 2.75) is 38.6 Å². The van der Waals surface area contributed by atoms with E-state index in [2.05, 4.69) is 12.2 Å². The average Bonchev–Trinajstić information content (AvgIpc) is 2.37. The minimum atomic E-state index is -0.802. The molecule has 0 heterocycles. The Bertz CT molecular complexity index is 479. The summed E-state index contributed by atoms with van der Waals surface area (Å²) in [5.74, 6) is -1.24. The lowest BCUT2D eigenvalue weighted by Crippen LogP contribution is -2.40. The standard InChI is InChI=1S/C15H19F2NO2/c1-10-3-2-4-12(7-10)18-15(19)9-20-14-6-5-11(16)8-13(14)17/h5-6,8,10,12H,2-4,7,9H2,1H3,(H,18,19). The highest BCUT2D eigenvalue weighted by molar-refractivity contribution is 5.77. The van der Waals surface area contributed by atoms with Crippen LogP contribution in [0.1, 0.15) is 32.6 Å². The van der Waals surface area contributed by atoms with E-state index in [-0.39, 0.29) is 24.3 Å². The summed E-state index contributed by atoms with van der Waals surface area (Å²) < 4.78 is 31.1. The first-order valence-electron chi connectivity index (χ1n) is 6.92. The molecule has 0 saturated heterocycles. The van der Waals surface area contributed by atoms with Crippen LogP contribution in [0.25, 0.3) is 0 Å². The molecule has 0 aromatic heterocycles. The number of carbonyl (C=O) groups is 1. The summed E-state index contributed by atoms with van der Waals surface area (Å²) >= 11 is 0. The van der Waals surface area contributed by atoms with Crippen LogP contribution in [0.3, 0.4) is 0 Å². The van der Waals surface area contributed by atoms with Crippen LogP contribution >= 0.6 is 0 Å². The van der Waals surface area contributed by atoms with Crippen LogP contribution < -0.4 is 10.1 Å². The van der Waals surface area contributed by atoms with E-state index in [1.165, 1.54) is 12.5 Å². The van der Waals surface area contributed by atoms with Gasteiger partial charge in [-0.25, -0.2) is 8.78 Å². The van der Waals surface area contributed by atoms with Gasteiger partial charge in [-0.2, -0.15) is 0 Å². The zero-order valence-corrected chi connectivity index (χ0v) is 11.5. The van der Waals surface area contributed by atoms with Crippen LogP contribution in [-0.4, -0.2) is 18.6 Å². The lowest BCUT2D eigenvalue weighted by atomic mass is 9.87. The number of nitrogens with one attached hydrogen (secondary N) is 1. The van der Waals surface area contributed by atoms with Gasteiger partial charge in [0.25, 0.3) is 5.91 Å². The third kappa shape index (κ3) is 4.18. The molecule has 5 heteroatoms. The first-order valence-corrected chi connectivity index (χ1v) is 6.92. The Balaban J connectivity index is 1.80. The molecule has 1 N–H and O–H groups in total. The zero-order chi connectivity index (χ0) is 14.5. The Hall–Kier alpha value is -1.65. The van der Waals surface area contributed by atoms with Crippen molar-refractivity contribution >= 4 is 5.91 Å². The number of ether oxygens (including phenoxy) is 1. The first-order chi connectivity index (χ1) is 9.54. The topological polar surface area (TPSA) is 38.3 Å². The minimum Gasteiger partial charge on any atom is -0.481 e. The minimum absolute atomic E-state index is 0.112. The van der Waals surface area contributed by atoms with Gasteiger partial charge in [0, 0.05) is 12.1 Å². The molecule has 0 aliphatic heterocycles. The highest BCUT2D eigenvalue weighted by Crippen LogP contribution is 2.23. The van der Waals surface area contributed by atoms with Crippen LogP contribution in [0.4, 0.5) is 8.78 Å². The van der Waals surface area contributed by atoms with E-state index in [0.717, 1.165) is 31.4 Å². The fourth-order valence-electron chi connectivity index (χ4n) is 2.57. The van der Waals surface area contributed by atoms with E-state index in [1.807, 2.05) is 0 Å². The van der Waals surface area contributed by atoms with Gasteiger partial charge < -0.3 is 10.1 Å². The van der Waals surface area contributed by atoms with Gasteiger partial charge in [-0.15, -0.1) is 0 Å². The van der Waals surface area contributed by atoms with Crippen molar-refractivity contribution in [3.8, 4) is 5.75 Å². The Kier molecular flexibility index (Phi) is 4.93. The molecule has 2 rings (SSSR count). The summed E-state index contributed by atoms with van der Waals surface area (Å²) in [6, 6.07) is 3.18. The van der Waals surface area contributed by atoms with Crippen molar-refractivity contribution in [2.24, 2.45) is 5.92 Å². The third-order valence-electron chi connectivity index (χ3n) is 3.55. The van der Waals surface area contributed by atoms with Gasteiger partial charge in [-0.3, -0.25) is 4.79 Å². The molecule has 1 amide bonds. The molecule has 3 nitrogen and oxygen atoms in total. The second-order valence-corrected chi connectivity index (χ2v) is 5.40. The monoisotopic (exact) mass is 283 g/mol. The van der Waals surface area contributed by atoms with Gasteiger partial charge in [-0.05, 0) is 30.9 Å². The van der Waals surface area contributed by atoms with Crippen LogP contribution in [0, 0.1) is 17.6 Å². The lowest BCUT2D eigenvalue weighted by Gasteiger charge is -2.27. The van der Waals surface area contributed by atoms with E-state index >= 15 is 0 Å². The molecule has 20 heavy (non-hydrogen) atoms. The van der Waals surface area contributed by atoms with E-state index in [1.54, 1.807) is 0 Å². The van der Waals surface area contributed by atoms with Gasteiger partial charge in [0.05, 0.1) is 0 Å². The molecule has 0 spiro atoms. The molecule has 0 radical (unpaired) electrons. The first kappa shape index (κ1) is 14.8. The van der Waals surface area contributed by atoms with Crippen molar-refractivity contribution in [1.82, 2.24) is 5.32 Å². The molecule has 2 atom stereocenters. The molecule has 1 aromatic carbocycles. The van der Waals surface area contributed by atoms with Crippen molar-refractivity contribution in [3.63, 3.8) is 0 Å². The molecular formula is C15H19F2NO2. The van der Waals surface area contributed by atoms with Crippen LogP contribution in [0.5, 0.6) is 5.75 Å². The second kappa shape index (κ2) is 6.68. The normalized spacial score (nSPS) is 22.4. The number of halogens is 2. The quantitative estimate of drug-likeness (QED) is 0.922. The lowest BCUT2D eigenvalue weighted by molar-refractivity contribution is -0.124. The smallest absolute Gasteiger partial charge is 0.258 e. The fraction of sp³-hybridized carbons (Fsp3) is 0.533. The molecule has 1 aromatic rings. The molecule has 1 aliphatic carbocycles. The maximum absolute atomic E-state index is 13.3. The van der Waals surface area contributed by atoms with Crippen LogP contribution in [0.2, 0.25) is 0 Å². The molecule has 1 saturated carbocycles. The largest absolute Gasteiger partial charge is 0.481 e. The van der Waals surface area contributed by atoms with Crippen molar-refractivity contribution in [3.05, 3.63) is 29.8 Å². The number of benzene rings is 1. The summed E-state index contributed by atoms with van der Waals surface area (Å²) in [7, 11) is 0. The van der Waals surface area contributed by atoms with E-state index in [4.69, 9.17) is 4.74 Å². The molecule has 110 valence electrons. The number of hydrogen-bond acceptors (Lipinski definition) is 2. The maximum Gasteiger partial charge on any atom is 0.258 e. The summed E-state index contributed by atoms with van der Waals surface area (Å²) in [4.78, 5) is 11.7. The van der Waals surface area contributed by atoms with Crippen molar-refractivity contribution in [2.75, 3.05) is 6.61 Å². The van der Waals surface area contributed by atoms with Crippen LogP contribution in [-0.2, 0) is 4.79 Å². The SMILES string of the molecule is CC1CCCC(NC(=O)COc2ccc(F)cc2F)C1. The Labute approximate surface area is 117 Å². The van der Waals surface area contributed by atoms with E-state index in [0.29, 0.717) is 5.92 Å². The summed E-state index contributed by atoms with van der Waals surface area (Å²) in [5.41, 5.74) is 0. The van der Waals surface area contributed by atoms with Gasteiger partial charge in [0.1, 0.15) is 5.82 Å². The molecule has 1 aliphatic rings. The Morgan fingerprint density at radius 2 is 2.20 bits per heavy atom. The highest BCUT2D eigenvalue weighted by atomic mass is 19.1. The Morgan fingerprint density at radius 1 is 1.40 bits per heavy atom. The zero-order valence-electron chi connectivity index (χ0n) is 11.5. The number of amides is 1. The van der Waals surface area contributed by atoms with Gasteiger partial charge in [0.15, 0.2) is 18.2 Å². The molecule has 2 unspecified atom stereocenters. The highest BCUT2D eigenvalue weighted by Gasteiger charge is 2.20.